The Balaban J connectivity index is 1.97. The second-order valence-electron chi connectivity index (χ2n) is 5.04. The molecule has 2 unspecified atom stereocenters. The number of nitrogens with zero attached hydrogens (tertiary/aromatic N) is 2. The van der Waals surface area contributed by atoms with Crippen LogP contribution in [0.1, 0.15) is 30.9 Å². The molecule has 0 saturated heterocycles. The highest BCUT2D eigenvalue weighted by atomic mass is 15.3. The molecule has 1 aromatic carbocycles. The highest BCUT2D eigenvalue weighted by Gasteiger charge is 2.29. The Bertz CT molecular complexity index is 503. The number of aromatic nitrogens is 2. The lowest BCUT2D eigenvalue weighted by Crippen LogP contribution is -2.19. The molecule has 1 fully saturated rings. The van der Waals surface area contributed by atoms with Gasteiger partial charge in [0.15, 0.2) is 0 Å². The predicted octanol–water partition coefficient (Wildman–Crippen LogP) is 2.71. The maximum absolute atomic E-state index is 5.89. The molecule has 2 N–H and O–H groups in total. The zero-order valence-electron chi connectivity index (χ0n) is 10.5. The Labute approximate surface area is 108 Å². The van der Waals surface area contributed by atoms with Crippen molar-refractivity contribution in [3.8, 4) is 5.69 Å². The van der Waals surface area contributed by atoms with Crippen LogP contribution in [0.3, 0.4) is 0 Å². The van der Waals surface area contributed by atoms with E-state index < -0.39 is 0 Å². The zero-order valence-corrected chi connectivity index (χ0v) is 10.5. The van der Waals surface area contributed by atoms with Gasteiger partial charge in [-0.15, -0.1) is 0 Å². The van der Waals surface area contributed by atoms with Crippen LogP contribution >= 0.6 is 0 Å². The Kier molecular flexibility index (Phi) is 3.15. The lowest BCUT2D eigenvalue weighted by molar-refractivity contribution is 0.478. The van der Waals surface area contributed by atoms with Crippen molar-refractivity contribution >= 4 is 0 Å². The quantitative estimate of drug-likeness (QED) is 0.898. The van der Waals surface area contributed by atoms with Gasteiger partial charge in [0.1, 0.15) is 0 Å². The summed E-state index contributed by atoms with van der Waals surface area (Å²) in [5.41, 5.74) is 8.34. The van der Waals surface area contributed by atoms with Crippen molar-refractivity contribution in [3.63, 3.8) is 0 Å². The first kappa shape index (κ1) is 11.5. The molecule has 0 spiro atoms. The lowest BCUT2D eigenvalue weighted by Gasteiger charge is -2.19. The van der Waals surface area contributed by atoms with Gasteiger partial charge >= 0.3 is 0 Å². The van der Waals surface area contributed by atoms with Crippen LogP contribution in [0, 0.1) is 5.92 Å². The van der Waals surface area contributed by atoms with Crippen LogP contribution in [0.2, 0.25) is 0 Å². The summed E-state index contributed by atoms with van der Waals surface area (Å²) in [7, 11) is 0. The van der Waals surface area contributed by atoms with Crippen LogP contribution in [0.15, 0.2) is 42.6 Å². The molecule has 3 rings (SSSR count). The van der Waals surface area contributed by atoms with Gasteiger partial charge in [-0.1, -0.05) is 24.6 Å². The highest BCUT2D eigenvalue weighted by Crippen LogP contribution is 2.39. The van der Waals surface area contributed by atoms with Crippen LogP contribution < -0.4 is 5.73 Å². The third kappa shape index (κ3) is 1.95. The van der Waals surface area contributed by atoms with Gasteiger partial charge in [0.25, 0.3) is 0 Å². The van der Waals surface area contributed by atoms with Gasteiger partial charge in [0.05, 0.1) is 5.69 Å². The van der Waals surface area contributed by atoms with Crippen molar-refractivity contribution in [2.45, 2.75) is 25.2 Å². The fraction of sp³-hybridized carbons (Fsp3) is 0.400. The topological polar surface area (TPSA) is 43.8 Å². The summed E-state index contributed by atoms with van der Waals surface area (Å²) in [6.07, 6.45) is 5.67. The smallest absolute Gasteiger partial charge is 0.0648 e. The van der Waals surface area contributed by atoms with E-state index in [9.17, 15) is 0 Å². The van der Waals surface area contributed by atoms with Crippen LogP contribution in [0.25, 0.3) is 5.69 Å². The summed E-state index contributed by atoms with van der Waals surface area (Å²) < 4.78 is 2.07. The summed E-state index contributed by atoms with van der Waals surface area (Å²) in [5.74, 6) is 1.18. The molecule has 0 bridgehead atoms. The van der Waals surface area contributed by atoms with Gasteiger partial charge in [-0.2, -0.15) is 5.10 Å². The lowest BCUT2D eigenvalue weighted by atomic mass is 9.93. The third-order valence-corrected chi connectivity index (χ3v) is 4.01. The number of nitrogens with two attached hydrogens (primary N) is 1. The van der Waals surface area contributed by atoms with Crippen molar-refractivity contribution in [2.75, 3.05) is 6.54 Å². The van der Waals surface area contributed by atoms with Gasteiger partial charge in [-0.3, -0.25) is 0 Å². The average molecular weight is 241 g/mol. The van der Waals surface area contributed by atoms with Gasteiger partial charge in [0, 0.05) is 17.8 Å². The maximum atomic E-state index is 5.89. The number of hydrogen-bond donors (Lipinski definition) is 1. The summed E-state index contributed by atoms with van der Waals surface area (Å²) >= 11 is 0. The Morgan fingerprint density at radius 2 is 2.00 bits per heavy atom. The first-order valence-corrected chi connectivity index (χ1v) is 6.69. The minimum absolute atomic E-state index is 0.567. The number of benzene rings is 1. The summed E-state index contributed by atoms with van der Waals surface area (Å²) in [6, 6.07) is 12.5. The second-order valence-corrected chi connectivity index (χ2v) is 5.04. The van der Waals surface area contributed by atoms with Crippen LogP contribution in [-0.2, 0) is 0 Å². The molecule has 18 heavy (non-hydrogen) atoms. The zero-order chi connectivity index (χ0) is 12.4. The van der Waals surface area contributed by atoms with Gasteiger partial charge in [0.2, 0.25) is 0 Å². The molecule has 0 amide bonds. The van der Waals surface area contributed by atoms with Crippen molar-refractivity contribution < 1.29 is 0 Å². The molecule has 1 saturated carbocycles. The van der Waals surface area contributed by atoms with E-state index in [1.165, 1.54) is 25.0 Å². The van der Waals surface area contributed by atoms with Crippen molar-refractivity contribution in [1.29, 1.82) is 0 Å². The first-order valence-electron chi connectivity index (χ1n) is 6.69. The van der Waals surface area contributed by atoms with E-state index in [2.05, 4.69) is 40.1 Å². The molecular weight excluding hydrogens is 222 g/mol. The van der Waals surface area contributed by atoms with Gasteiger partial charge < -0.3 is 5.73 Å². The average Bonchev–Trinajstić information content (AvgIpc) is 3.07. The molecule has 1 aromatic heterocycles. The minimum Gasteiger partial charge on any atom is -0.330 e. The molecule has 0 aliphatic heterocycles. The number of para-hydroxylation sites is 1. The van der Waals surface area contributed by atoms with Crippen LogP contribution in [0.5, 0.6) is 0 Å². The summed E-state index contributed by atoms with van der Waals surface area (Å²) in [4.78, 5) is 0. The largest absolute Gasteiger partial charge is 0.330 e. The van der Waals surface area contributed by atoms with Crippen molar-refractivity contribution in [2.24, 2.45) is 11.7 Å². The standard InChI is InChI=1S/C15H19N3/c16-11-12-5-4-8-14(12)15-9-10-17-18(15)13-6-2-1-3-7-13/h1-3,6-7,9-10,12,14H,4-5,8,11,16H2. The predicted molar refractivity (Wildman–Crippen MR) is 72.7 cm³/mol. The van der Waals surface area contributed by atoms with E-state index >= 15 is 0 Å². The number of rotatable bonds is 3. The molecule has 1 aliphatic carbocycles. The third-order valence-electron chi connectivity index (χ3n) is 4.01. The monoisotopic (exact) mass is 241 g/mol. The van der Waals surface area contributed by atoms with E-state index in [1.54, 1.807) is 0 Å². The Hall–Kier alpha value is -1.61. The second kappa shape index (κ2) is 4.94. The van der Waals surface area contributed by atoms with Crippen molar-refractivity contribution in [1.82, 2.24) is 9.78 Å². The normalized spacial score (nSPS) is 23.4. The van der Waals surface area contributed by atoms with Gasteiger partial charge in [-0.05, 0) is 43.5 Å². The fourth-order valence-corrected chi connectivity index (χ4v) is 3.09. The van der Waals surface area contributed by atoms with E-state index in [0.29, 0.717) is 11.8 Å². The van der Waals surface area contributed by atoms with E-state index in [1.807, 2.05) is 12.3 Å². The molecule has 2 atom stereocenters. The molecule has 1 aliphatic rings. The van der Waals surface area contributed by atoms with Crippen LogP contribution in [-0.4, -0.2) is 16.3 Å². The molecule has 94 valence electrons. The van der Waals surface area contributed by atoms with Crippen molar-refractivity contribution in [3.05, 3.63) is 48.3 Å². The summed E-state index contributed by atoms with van der Waals surface area (Å²) in [5, 5.41) is 4.48. The highest BCUT2D eigenvalue weighted by molar-refractivity contribution is 5.33. The SMILES string of the molecule is NCC1CCCC1c1ccnn1-c1ccccc1. The fourth-order valence-electron chi connectivity index (χ4n) is 3.09. The molecule has 0 radical (unpaired) electrons. The molecule has 1 heterocycles. The van der Waals surface area contributed by atoms with E-state index in [4.69, 9.17) is 5.73 Å². The minimum atomic E-state index is 0.567. The molecule has 2 aromatic rings. The summed E-state index contributed by atoms with van der Waals surface area (Å²) in [6.45, 7) is 0.782. The van der Waals surface area contributed by atoms with Crippen LogP contribution in [0.4, 0.5) is 0 Å². The Morgan fingerprint density at radius 1 is 1.17 bits per heavy atom. The maximum Gasteiger partial charge on any atom is 0.0648 e. The molecular formula is C15H19N3. The van der Waals surface area contributed by atoms with E-state index in [-0.39, 0.29) is 0 Å². The molecule has 3 nitrogen and oxygen atoms in total. The number of hydrogen-bond acceptors (Lipinski definition) is 2. The Morgan fingerprint density at radius 3 is 2.78 bits per heavy atom. The van der Waals surface area contributed by atoms with E-state index in [0.717, 1.165) is 12.2 Å². The first-order chi connectivity index (χ1) is 8.90. The van der Waals surface area contributed by atoms with Gasteiger partial charge in [-0.25, -0.2) is 4.68 Å². The molecule has 3 heteroatoms.